The van der Waals surface area contributed by atoms with E-state index < -0.39 is 12.0 Å². The van der Waals surface area contributed by atoms with Gasteiger partial charge in [-0.2, -0.15) is 11.8 Å². The zero-order valence-corrected chi connectivity index (χ0v) is 10.1. The summed E-state index contributed by atoms with van der Waals surface area (Å²) < 4.78 is 0. The van der Waals surface area contributed by atoms with E-state index in [1.165, 1.54) is 0 Å². The largest absolute Gasteiger partial charge is 0.480 e. The Kier molecular flexibility index (Phi) is 3.74. The lowest BCUT2D eigenvalue weighted by molar-refractivity contribution is -0.139. The number of benzene rings is 1. The Hall–Kier alpha value is -0.710. The molecule has 1 saturated heterocycles. The second-order valence-electron chi connectivity index (χ2n) is 3.70. The summed E-state index contributed by atoms with van der Waals surface area (Å²) in [7, 11) is 0. The summed E-state index contributed by atoms with van der Waals surface area (Å²) in [5.74, 6) is 0.704. The number of carboxylic acids is 1. The maximum Gasteiger partial charge on any atom is 0.321 e. The summed E-state index contributed by atoms with van der Waals surface area (Å²) in [6, 6.07) is 7.14. The summed E-state index contributed by atoms with van der Waals surface area (Å²) in [5, 5.41) is 12.8. The maximum absolute atomic E-state index is 10.9. The van der Waals surface area contributed by atoms with E-state index in [4.69, 9.17) is 16.7 Å². The summed E-state index contributed by atoms with van der Waals surface area (Å²) in [6.07, 6.45) is 0. The maximum atomic E-state index is 10.9. The van der Waals surface area contributed by atoms with E-state index in [0.717, 1.165) is 11.3 Å². The van der Waals surface area contributed by atoms with Crippen LogP contribution in [-0.4, -0.2) is 28.6 Å². The molecule has 1 fully saturated rings. The van der Waals surface area contributed by atoms with Crippen LogP contribution in [0.2, 0.25) is 5.02 Å². The molecule has 1 aliphatic heterocycles. The highest BCUT2D eigenvalue weighted by molar-refractivity contribution is 7.99. The molecule has 1 aromatic rings. The van der Waals surface area contributed by atoms with Crippen LogP contribution in [0.5, 0.6) is 0 Å². The number of carboxylic acid groups (broad SMARTS) is 1. The Balaban J connectivity index is 2.12. The number of rotatable bonds is 2. The quantitative estimate of drug-likeness (QED) is 0.853. The van der Waals surface area contributed by atoms with Gasteiger partial charge in [0.05, 0.1) is 0 Å². The monoisotopic (exact) mass is 257 g/mol. The van der Waals surface area contributed by atoms with Gasteiger partial charge in [-0.05, 0) is 17.7 Å². The molecule has 1 aliphatic rings. The van der Waals surface area contributed by atoms with E-state index in [2.05, 4.69) is 5.32 Å². The van der Waals surface area contributed by atoms with Crippen molar-refractivity contribution in [2.24, 2.45) is 0 Å². The number of thioether (sulfide) groups is 1. The SMILES string of the molecule is O=C(O)C1CSCC(c2cccc(Cl)c2)N1. The topological polar surface area (TPSA) is 49.3 Å². The third-order valence-electron chi connectivity index (χ3n) is 2.52. The smallest absolute Gasteiger partial charge is 0.321 e. The molecular weight excluding hydrogens is 246 g/mol. The van der Waals surface area contributed by atoms with Crippen molar-refractivity contribution in [1.29, 1.82) is 0 Å². The van der Waals surface area contributed by atoms with Gasteiger partial charge in [0.15, 0.2) is 0 Å². The lowest BCUT2D eigenvalue weighted by Gasteiger charge is -2.28. The van der Waals surface area contributed by atoms with Crippen LogP contribution in [0, 0.1) is 0 Å². The standard InChI is InChI=1S/C11H12ClNO2S/c12-8-3-1-2-7(4-8)9-5-16-6-10(13-9)11(14)15/h1-4,9-10,13H,5-6H2,(H,14,15). The first kappa shape index (κ1) is 11.8. The van der Waals surface area contributed by atoms with Gasteiger partial charge in [0, 0.05) is 22.6 Å². The van der Waals surface area contributed by atoms with Crippen LogP contribution in [0.1, 0.15) is 11.6 Å². The Morgan fingerprint density at radius 2 is 2.31 bits per heavy atom. The van der Waals surface area contributed by atoms with Gasteiger partial charge in [0.1, 0.15) is 6.04 Å². The fourth-order valence-electron chi connectivity index (χ4n) is 1.70. The first-order chi connectivity index (χ1) is 7.66. The Labute approximate surface area is 103 Å². The van der Waals surface area contributed by atoms with Gasteiger partial charge >= 0.3 is 5.97 Å². The molecule has 2 N–H and O–H groups in total. The molecule has 0 aromatic heterocycles. The highest BCUT2D eigenvalue weighted by atomic mass is 35.5. The van der Waals surface area contributed by atoms with Crippen LogP contribution < -0.4 is 5.32 Å². The molecule has 0 radical (unpaired) electrons. The molecule has 0 spiro atoms. The molecule has 3 nitrogen and oxygen atoms in total. The van der Waals surface area contributed by atoms with Gasteiger partial charge in [0.2, 0.25) is 0 Å². The van der Waals surface area contributed by atoms with Crippen molar-refractivity contribution >= 4 is 29.3 Å². The third kappa shape index (κ3) is 2.70. The first-order valence-electron chi connectivity index (χ1n) is 4.99. The van der Waals surface area contributed by atoms with Crippen LogP contribution in [-0.2, 0) is 4.79 Å². The Morgan fingerprint density at radius 3 is 3.00 bits per heavy atom. The molecule has 16 heavy (non-hydrogen) atoms. The Morgan fingerprint density at radius 1 is 1.50 bits per heavy atom. The van der Waals surface area contributed by atoms with Gasteiger partial charge in [-0.3, -0.25) is 10.1 Å². The van der Waals surface area contributed by atoms with Gasteiger partial charge in [-0.15, -0.1) is 0 Å². The fourth-order valence-corrected chi connectivity index (χ4v) is 3.03. The number of hydrogen-bond donors (Lipinski definition) is 2. The number of aliphatic carboxylic acids is 1. The average molecular weight is 258 g/mol. The first-order valence-corrected chi connectivity index (χ1v) is 6.52. The predicted molar refractivity (Wildman–Crippen MR) is 66.1 cm³/mol. The van der Waals surface area contributed by atoms with Crippen molar-refractivity contribution in [2.45, 2.75) is 12.1 Å². The zero-order chi connectivity index (χ0) is 11.5. The van der Waals surface area contributed by atoms with E-state index in [1.54, 1.807) is 11.8 Å². The molecule has 0 amide bonds. The van der Waals surface area contributed by atoms with Crippen LogP contribution in [0.4, 0.5) is 0 Å². The molecule has 0 bridgehead atoms. The van der Waals surface area contributed by atoms with Gasteiger partial charge in [-0.25, -0.2) is 0 Å². The number of carbonyl (C=O) groups is 1. The lowest BCUT2D eigenvalue weighted by atomic mass is 10.1. The molecule has 0 saturated carbocycles. The van der Waals surface area contributed by atoms with E-state index in [9.17, 15) is 4.79 Å². The van der Waals surface area contributed by atoms with E-state index in [1.807, 2.05) is 24.3 Å². The minimum atomic E-state index is -0.792. The van der Waals surface area contributed by atoms with Crippen molar-refractivity contribution in [3.05, 3.63) is 34.9 Å². The minimum absolute atomic E-state index is 0.0681. The normalized spacial score (nSPS) is 25.3. The Bertz CT molecular complexity index is 399. The zero-order valence-electron chi connectivity index (χ0n) is 8.52. The average Bonchev–Trinajstić information content (AvgIpc) is 2.29. The van der Waals surface area contributed by atoms with Crippen molar-refractivity contribution in [3.63, 3.8) is 0 Å². The molecular formula is C11H12ClNO2S. The number of halogens is 1. The van der Waals surface area contributed by atoms with Gasteiger partial charge in [-0.1, -0.05) is 23.7 Å². The van der Waals surface area contributed by atoms with Gasteiger partial charge in [0.25, 0.3) is 0 Å². The highest BCUT2D eigenvalue weighted by Crippen LogP contribution is 2.26. The molecule has 0 aliphatic carbocycles. The molecule has 86 valence electrons. The van der Waals surface area contributed by atoms with Crippen molar-refractivity contribution < 1.29 is 9.90 Å². The van der Waals surface area contributed by atoms with Crippen molar-refractivity contribution in [2.75, 3.05) is 11.5 Å². The third-order valence-corrected chi connectivity index (χ3v) is 3.89. The minimum Gasteiger partial charge on any atom is -0.480 e. The summed E-state index contributed by atoms with van der Waals surface area (Å²) in [4.78, 5) is 10.9. The summed E-state index contributed by atoms with van der Waals surface area (Å²) >= 11 is 7.57. The molecule has 1 heterocycles. The lowest BCUT2D eigenvalue weighted by Crippen LogP contribution is -2.45. The summed E-state index contributed by atoms with van der Waals surface area (Å²) in [5.41, 5.74) is 1.05. The fraction of sp³-hybridized carbons (Fsp3) is 0.364. The van der Waals surface area contributed by atoms with E-state index >= 15 is 0 Å². The van der Waals surface area contributed by atoms with Crippen molar-refractivity contribution in [3.8, 4) is 0 Å². The molecule has 5 heteroatoms. The molecule has 2 unspecified atom stereocenters. The van der Waals surface area contributed by atoms with E-state index in [-0.39, 0.29) is 6.04 Å². The summed E-state index contributed by atoms with van der Waals surface area (Å²) in [6.45, 7) is 0. The second-order valence-corrected chi connectivity index (χ2v) is 5.21. The predicted octanol–water partition coefficient (Wildman–Crippen LogP) is 2.17. The van der Waals surface area contributed by atoms with E-state index in [0.29, 0.717) is 10.8 Å². The molecule has 1 aromatic carbocycles. The van der Waals surface area contributed by atoms with Gasteiger partial charge < -0.3 is 5.11 Å². The van der Waals surface area contributed by atoms with Crippen LogP contribution in [0.15, 0.2) is 24.3 Å². The number of hydrogen-bond acceptors (Lipinski definition) is 3. The molecule has 2 atom stereocenters. The second kappa shape index (κ2) is 5.08. The number of nitrogens with one attached hydrogen (secondary N) is 1. The van der Waals surface area contributed by atoms with Crippen molar-refractivity contribution in [1.82, 2.24) is 5.32 Å². The molecule has 2 rings (SSSR count). The van der Waals surface area contributed by atoms with Crippen LogP contribution in [0.3, 0.4) is 0 Å². The van der Waals surface area contributed by atoms with Crippen LogP contribution in [0.25, 0.3) is 0 Å². The highest BCUT2D eigenvalue weighted by Gasteiger charge is 2.27. The van der Waals surface area contributed by atoms with Crippen LogP contribution >= 0.6 is 23.4 Å².